The Hall–Kier alpha value is -3.23. The molecule has 4 rings (SSSR count). The van der Waals surface area contributed by atoms with Crippen LogP contribution in [0.3, 0.4) is 0 Å². The highest BCUT2D eigenvalue weighted by atomic mass is 32.2. The van der Waals surface area contributed by atoms with Gasteiger partial charge in [0.1, 0.15) is 16.5 Å². The minimum absolute atomic E-state index is 0.0754. The Morgan fingerprint density at radius 2 is 1.97 bits per heavy atom. The average Bonchev–Trinajstić information content (AvgIpc) is 3.01. The zero-order valence-corrected chi connectivity index (χ0v) is 17.8. The Balaban J connectivity index is 1.89. The maximum atomic E-state index is 12.4. The molecule has 0 aliphatic carbocycles. The smallest absolute Gasteiger partial charge is 0.274 e. The summed E-state index contributed by atoms with van der Waals surface area (Å²) >= 11 is 6.61. The zero-order valence-electron chi connectivity index (χ0n) is 16.2. The topological polar surface area (TPSA) is 71.5 Å². The molecule has 0 atom stereocenters. The van der Waals surface area contributed by atoms with Crippen molar-refractivity contribution in [3.05, 3.63) is 65.9 Å². The van der Waals surface area contributed by atoms with Crippen LogP contribution in [0.1, 0.15) is 12.5 Å². The predicted molar refractivity (Wildman–Crippen MR) is 120 cm³/mol. The van der Waals surface area contributed by atoms with E-state index < -0.39 is 5.91 Å². The second kappa shape index (κ2) is 8.25. The Morgan fingerprint density at radius 3 is 2.67 bits per heavy atom. The van der Waals surface area contributed by atoms with Gasteiger partial charge in [0, 0.05) is 22.8 Å². The molecule has 1 aliphatic heterocycles. The van der Waals surface area contributed by atoms with Gasteiger partial charge in [-0.1, -0.05) is 30.0 Å². The molecule has 1 saturated heterocycles. The van der Waals surface area contributed by atoms with Gasteiger partial charge in [0.05, 0.1) is 12.6 Å². The van der Waals surface area contributed by atoms with Crippen molar-refractivity contribution < 1.29 is 14.3 Å². The van der Waals surface area contributed by atoms with Gasteiger partial charge in [-0.2, -0.15) is 0 Å². The first-order valence-electron chi connectivity index (χ1n) is 9.05. The molecule has 0 bridgehead atoms. The summed E-state index contributed by atoms with van der Waals surface area (Å²) in [7, 11) is 1.60. The van der Waals surface area contributed by atoms with Crippen molar-refractivity contribution in [2.45, 2.75) is 16.8 Å². The number of benzene rings is 2. The number of carbonyl (C=O) groups excluding carboxylic acids is 2. The standard InChI is InChI=1S/C22H17N3O3S2/c1-13(26)25-19(20(27)24-22(25)29)12-15-10-14-11-16(28-2)8-9-18(14)23-21(15)30-17-6-4-3-5-7-17/h3-12H,1-2H3,(H,24,27,29). The summed E-state index contributed by atoms with van der Waals surface area (Å²) in [6, 6.07) is 17.4. The van der Waals surface area contributed by atoms with Crippen LogP contribution in [0.4, 0.5) is 0 Å². The molecule has 2 heterocycles. The summed E-state index contributed by atoms with van der Waals surface area (Å²) in [5.74, 6) is -0.0506. The summed E-state index contributed by atoms with van der Waals surface area (Å²) in [4.78, 5) is 31.5. The van der Waals surface area contributed by atoms with E-state index in [0.717, 1.165) is 15.8 Å². The molecule has 0 radical (unpaired) electrons. The van der Waals surface area contributed by atoms with E-state index in [0.29, 0.717) is 16.3 Å². The number of pyridine rings is 1. The Morgan fingerprint density at radius 1 is 1.20 bits per heavy atom. The maximum Gasteiger partial charge on any atom is 0.274 e. The first kappa shape index (κ1) is 20.1. The molecule has 1 aliphatic rings. The quantitative estimate of drug-likeness (QED) is 0.493. The number of methoxy groups -OCH3 is 1. The summed E-state index contributed by atoms with van der Waals surface area (Å²) < 4.78 is 5.32. The van der Waals surface area contributed by atoms with Gasteiger partial charge in [-0.25, -0.2) is 4.98 Å². The first-order valence-corrected chi connectivity index (χ1v) is 10.3. The van der Waals surface area contributed by atoms with E-state index in [9.17, 15) is 9.59 Å². The van der Waals surface area contributed by atoms with Crippen molar-refractivity contribution >= 4 is 57.9 Å². The lowest BCUT2D eigenvalue weighted by Gasteiger charge is -2.14. The summed E-state index contributed by atoms with van der Waals surface area (Å²) in [5.41, 5.74) is 1.67. The highest BCUT2D eigenvalue weighted by Crippen LogP contribution is 2.34. The van der Waals surface area contributed by atoms with Crippen LogP contribution >= 0.6 is 24.0 Å². The molecule has 1 N–H and O–H groups in total. The second-order valence-electron chi connectivity index (χ2n) is 6.50. The summed E-state index contributed by atoms with van der Waals surface area (Å²) in [6.07, 6.45) is 1.65. The molecule has 6 nitrogen and oxygen atoms in total. The number of nitrogens with one attached hydrogen (secondary N) is 1. The van der Waals surface area contributed by atoms with E-state index in [2.05, 4.69) is 5.32 Å². The molecule has 8 heteroatoms. The van der Waals surface area contributed by atoms with Gasteiger partial charge < -0.3 is 4.74 Å². The lowest BCUT2D eigenvalue weighted by Crippen LogP contribution is -2.31. The van der Waals surface area contributed by atoms with Crippen molar-refractivity contribution in [1.29, 1.82) is 0 Å². The number of hydrogen-bond donors (Lipinski definition) is 1. The molecule has 0 unspecified atom stereocenters. The molecule has 2 amide bonds. The van der Waals surface area contributed by atoms with Crippen molar-refractivity contribution in [3.8, 4) is 5.75 Å². The largest absolute Gasteiger partial charge is 0.497 e. The van der Waals surface area contributed by atoms with Gasteiger partial charge in [-0.15, -0.1) is 0 Å². The van der Waals surface area contributed by atoms with E-state index in [1.54, 1.807) is 13.2 Å². The van der Waals surface area contributed by atoms with E-state index in [1.165, 1.54) is 23.6 Å². The van der Waals surface area contributed by atoms with Gasteiger partial charge in [0.15, 0.2) is 5.11 Å². The zero-order chi connectivity index (χ0) is 21.3. The van der Waals surface area contributed by atoms with E-state index in [-0.39, 0.29) is 16.7 Å². The van der Waals surface area contributed by atoms with Crippen LogP contribution in [0.5, 0.6) is 5.75 Å². The van der Waals surface area contributed by atoms with Gasteiger partial charge in [0.25, 0.3) is 5.91 Å². The van der Waals surface area contributed by atoms with Crippen LogP contribution in [0.15, 0.2) is 70.2 Å². The number of amides is 2. The molecule has 30 heavy (non-hydrogen) atoms. The molecule has 2 aromatic carbocycles. The number of fused-ring (bicyclic) bond motifs is 1. The first-order chi connectivity index (χ1) is 14.5. The van der Waals surface area contributed by atoms with Crippen molar-refractivity contribution in [1.82, 2.24) is 15.2 Å². The maximum absolute atomic E-state index is 12.4. The van der Waals surface area contributed by atoms with Crippen LogP contribution < -0.4 is 10.1 Å². The monoisotopic (exact) mass is 435 g/mol. The molecule has 1 fully saturated rings. The molecular formula is C22H17N3O3S2. The number of nitrogens with zero attached hydrogens (tertiary/aromatic N) is 2. The van der Waals surface area contributed by atoms with Gasteiger partial charge in [0.2, 0.25) is 5.91 Å². The fourth-order valence-electron chi connectivity index (χ4n) is 3.08. The number of thiocarbonyl (C=S) groups is 1. The minimum Gasteiger partial charge on any atom is -0.497 e. The number of aromatic nitrogens is 1. The van der Waals surface area contributed by atoms with E-state index in [1.807, 2.05) is 54.6 Å². The number of carbonyl (C=O) groups is 2. The van der Waals surface area contributed by atoms with Crippen LogP contribution in [-0.4, -0.2) is 33.9 Å². The van der Waals surface area contributed by atoms with Crippen molar-refractivity contribution in [2.75, 3.05) is 7.11 Å². The van der Waals surface area contributed by atoms with Gasteiger partial charge in [-0.3, -0.25) is 19.8 Å². The van der Waals surface area contributed by atoms with Crippen LogP contribution in [0.2, 0.25) is 0 Å². The fourth-order valence-corrected chi connectivity index (χ4v) is 4.30. The minimum atomic E-state index is -0.420. The molecule has 0 spiro atoms. The predicted octanol–water partition coefficient (Wildman–Crippen LogP) is 4.00. The number of ether oxygens (including phenoxy) is 1. The molecule has 150 valence electrons. The highest BCUT2D eigenvalue weighted by molar-refractivity contribution is 7.99. The molecular weight excluding hydrogens is 418 g/mol. The summed E-state index contributed by atoms with van der Waals surface area (Å²) in [5, 5.41) is 4.16. The highest BCUT2D eigenvalue weighted by Gasteiger charge is 2.33. The van der Waals surface area contributed by atoms with Crippen molar-refractivity contribution in [2.24, 2.45) is 0 Å². The average molecular weight is 436 g/mol. The summed E-state index contributed by atoms with van der Waals surface area (Å²) in [6.45, 7) is 1.36. The third-order valence-electron chi connectivity index (χ3n) is 4.48. The number of rotatable bonds is 4. The van der Waals surface area contributed by atoms with Crippen LogP contribution in [-0.2, 0) is 9.59 Å². The SMILES string of the molecule is COc1ccc2nc(Sc3ccccc3)c(C=C3C(=O)NC(=S)N3C(C)=O)cc2c1. The Kier molecular flexibility index (Phi) is 5.52. The van der Waals surface area contributed by atoms with Crippen LogP contribution in [0.25, 0.3) is 17.0 Å². The molecule has 0 saturated carbocycles. The lowest BCUT2D eigenvalue weighted by molar-refractivity contribution is -0.125. The number of hydrogen-bond acceptors (Lipinski definition) is 6. The van der Waals surface area contributed by atoms with E-state index >= 15 is 0 Å². The van der Waals surface area contributed by atoms with Gasteiger partial charge in [-0.05, 0) is 54.7 Å². The third kappa shape index (κ3) is 3.92. The molecule has 1 aromatic heterocycles. The Labute approximate surface area is 182 Å². The lowest BCUT2D eigenvalue weighted by atomic mass is 10.1. The normalized spacial score (nSPS) is 15.0. The van der Waals surface area contributed by atoms with Crippen molar-refractivity contribution in [3.63, 3.8) is 0 Å². The van der Waals surface area contributed by atoms with E-state index in [4.69, 9.17) is 21.9 Å². The second-order valence-corrected chi connectivity index (χ2v) is 7.95. The van der Waals surface area contributed by atoms with Crippen LogP contribution in [0, 0.1) is 0 Å². The fraction of sp³-hybridized carbons (Fsp3) is 0.0909. The Bertz CT molecular complexity index is 1210. The third-order valence-corrected chi connectivity index (χ3v) is 5.79. The van der Waals surface area contributed by atoms with Gasteiger partial charge >= 0.3 is 0 Å². The molecule has 3 aromatic rings.